The quantitative estimate of drug-likeness (QED) is 0.275. The molecule has 4 aliphatic carbocycles. The van der Waals surface area contributed by atoms with Crippen molar-refractivity contribution in [3.8, 4) is 0 Å². The van der Waals surface area contributed by atoms with E-state index in [1.54, 1.807) is 0 Å². The molecule has 0 saturated heterocycles. The highest BCUT2D eigenvalue weighted by atomic mass is 16.4. The molecule has 1 atom stereocenters. The number of carbonyl (C=O) groups excluding carboxylic acids is 1. The summed E-state index contributed by atoms with van der Waals surface area (Å²) in [5.74, 6) is 2.57. The molecule has 0 spiro atoms. The third-order valence-electron chi connectivity index (χ3n) is 5.44. The van der Waals surface area contributed by atoms with Gasteiger partial charge in [-0.3, -0.25) is 0 Å². The number of nitrogens with one attached hydrogen (secondary N) is 2. The number of amides is 2. The molecule has 4 aliphatic rings. The Morgan fingerprint density at radius 1 is 1.29 bits per heavy atom. The number of amidine groups is 1. The maximum atomic E-state index is 12.2. The zero-order valence-corrected chi connectivity index (χ0v) is 12.6. The Kier molecular flexibility index (Phi) is 3.71. The molecule has 6 heteroatoms. The number of hydrogen-bond donors (Lipinski definition) is 4. The Labute approximate surface area is 125 Å². The van der Waals surface area contributed by atoms with Gasteiger partial charge in [-0.25, -0.2) is 4.79 Å². The second-order valence-corrected chi connectivity index (χ2v) is 7.49. The third-order valence-corrected chi connectivity index (χ3v) is 5.44. The molecule has 4 saturated carbocycles. The molecule has 4 rings (SSSR count). The highest BCUT2D eigenvalue weighted by Crippen LogP contribution is 2.55. The van der Waals surface area contributed by atoms with Crippen LogP contribution in [-0.4, -0.2) is 28.7 Å². The molecule has 4 fully saturated rings. The zero-order chi connectivity index (χ0) is 15.0. The first-order valence-corrected chi connectivity index (χ1v) is 8.03. The van der Waals surface area contributed by atoms with Crippen LogP contribution >= 0.6 is 0 Å². The number of urea groups is 1. The van der Waals surface area contributed by atoms with Crippen molar-refractivity contribution in [3.05, 3.63) is 0 Å². The minimum atomic E-state index is -0.144. The van der Waals surface area contributed by atoms with Crippen molar-refractivity contribution in [2.24, 2.45) is 28.6 Å². The molecule has 2 amide bonds. The van der Waals surface area contributed by atoms with Gasteiger partial charge in [0, 0.05) is 18.0 Å². The van der Waals surface area contributed by atoms with Crippen molar-refractivity contribution < 1.29 is 10.0 Å². The van der Waals surface area contributed by atoms with E-state index in [2.05, 4.69) is 15.8 Å². The Morgan fingerprint density at radius 3 is 2.29 bits per heavy atom. The van der Waals surface area contributed by atoms with E-state index in [4.69, 9.17) is 10.9 Å². The number of oxime groups is 1. The van der Waals surface area contributed by atoms with E-state index in [1.807, 2.05) is 6.92 Å². The lowest BCUT2D eigenvalue weighted by molar-refractivity contribution is -0.0136. The summed E-state index contributed by atoms with van der Waals surface area (Å²) in [5, 5.41) is 17.7. The fourth-order valence-corrected chi connectivity index (χ4v) is 5.17. The van der Waals surface area contributed by atoms with Crippen molar-refractivity contribution in [2.75, 3.05) is 0 Å². The first kappa shape index (κ1) is 14.5. The smallest absolute Gasteiger partial charge is 0.315 e. The Hall–Kier alpha value is -1.46. The van der Waals surface area contributed by atoms with Gasteiger partial charge in [0.15, 0.2) is 0 Å². The van der Waals surface area contributed by atoms with E-state index in [0.717, 1.165) is 37.0 Å². The number of rotatable bonds is 4. The number of nitrogens with zero attached hydrogens (tertiary/aromatic N) is 1. The monoisotopic (exact) mass is 294 g/mol. The average Bonchev–Trinajstić information content (AvgIpc) is 2.35. The molecule has 0 aromatic rings. The fraction of sp³-hybridized carbons (Fsp3) is 0.867. The molecular weight excluding hydrogens is 268 g/mol. The van der Waals surface area contributed by atoms with Gasteiger partial charge in [0.2, 0.25) is 0 Å². The molecule has 21 heavy (non-hydrogen) atoms. The SMILES string of the molecule is CC(CC(N)=NO)NC(=O)NC12CC3CC(CC(C3)C1)C2. The lowest BCUT2D eigenvalue weighted by Crippen LogP contribution is -2.62. The Morgan fingerprint density at radius 2 is 1.81 bits per heavy atom. The van der Waals surface area contributed by atoms with E-state index in [9.17, 15) is 4.79 Å². The summed E-state index contributed by atoms with van der Waals surface area (Å²) in [7, 11) is 0. The first-order valence-electron chi connectivity index (χ1n) is 8.03. The van der Waals surface area contributed by atoms with Crippen molar-refractivity contribution in [1.29, 1.82) is 0 Å². The maximum Gasteiger partial charge on any atom is 0.315 e. The lowest BCUT2D eigenvalue weighted by Gasteiger charge is -2.56. The topological polar surface area (TPSA) is 99.7 Å². The van der Waals surface area contributed by atoms with Crippen LogP contribution in [0.15, 0.2) is 5.16 Å². The molecule has 5 N–H and O–H groups in total. The largest absolute Gasteiger partial charge is 0.409 e. The van der Waals surface area contributed by atoms with Gasteiger partial charge < -0.3 is 21.6 Å². The second-order valence-electron chi connectivity index (χ2n) is 7.49. The van der Waals surface area contributed by atoms with Crippen LogP contribution in [0.1, 0.15) is 51.9 Å². The zero-order valence-electron chi connectivity index (χ0n) is 12.6. The minimum absolute atomic E-state index is 0.0230. The highest BCUT2D eigenvalue weighted by molar-refractivity contribution is 5.81. The van der Waals surface area contributed by atoms with Crippen molar-refractivity contribution >= 4 is 11.9 Å². The van der Waals surface area contributed by atoms with Gasteiger partial charge in [-0.1, -0.05) is 5.16 Å². The van der Waals surface area contributed by atoms with Crippen LogP contribution in [0, 0.1) is 17.8 Å². The van der Waals surface area contributed by atoms with Gasteiger partial charge in [-0.15, -0.1) is 0 Å². The van der Waals surface area contributed by atoms with E-state index in [-0.39, 0.29) is 23.4 Å². The standard InChI is InChI=1S/C15H26N4O2/c1-9(2-13(16)19-21)17-14(20)18-15-6-10-3-11(7-15)5-12(4-10)8-15/h9-12,21H,2-8H2,1H3,(H2,16,19)(H2,17,18,20). The predicted molar refractivity (Wildman–Crippen MR) is 80.1 cm³/mol. The summed E-state index contributed by atoms with van der Waals surface area (Å²) in [4.78, 5) is 12.2. The van der Waals surface area contributed by atoms with E-state index in [0.29, 0.717) is 6.42 Å². The van der Waals surface area contributed by atoms with E-state index in [1.165, 1.54) is 19.3 Å². The summed E-state index contributed by atoms with van der Waals surface area (Å²) in [6.45, 7) is 1.86. The van der Waals surface area contributed by atoms with Gasteiger partial charge >= 0.3 is 6.03 Å². The molecule has 0 aromatic heterocycles. The van der Waals surface area contributed by atoms with Gasteiger partial charge in [-0.05, 0) is 63.2 Å². The van der Waals surface area contributed by atoms with Crippen LogP contribution in [0.5, 0.6) is 0 Å². The van der Waals surface area contributed by atoms with E-state index < -0.39 is 0 Å². The predicted octanol–water partition coefficient (Wildman–Crippen LogP) is 1.78. The van der Waals surface area contributed by atoms with Crippen LogP contribution < -0.4 is 16.4 Å². The summed E-state index contributed by atoms with van der Waals surface area (Å²) < 4.78 is 0. The van der Waals surface area contributed by atoms with E-state index >= 15 is 0 Å². The minimum Gasteiger partial charge on any atom is -0.409 e. The molecule has 0 aromatic carbocycles. The van der Waals surface area contributed by atoms with Crippen LogP contribution in [0.3, 0.4) is 0 Å². The maximum absolute atomic E-state index is 12.2. The molecule has 0 heterocycles. The third kappa shape index (κ3) is 3.09. The van der Waals surface area contributed by atoms with Gasteiger partial charge in [0.25, 0.3) is 0 Å². The Balaban J connectivity index is 1.55. The molecular formula is C15H26N4O2. The van der Waals surface area contributed by atoms with Crippen LogP contribution in [0.25, 0.3) is 0 Å². The van der Waals surface area contributed by atoms with Gasteiger partial charge in [0.05, 0.1) is 0 Å². The summed E-state index contributed by atoms with van der Waals surface area (Å²) in [5.41, 5.74) is 5.49. The number of nitrogens with two attached hydrogens (primary N) is 1. The number of hydrogen-bond acceptors (Lipinski definition) is 3. The van der Waals surface area contributed by atoms with Crippen molar-refractivity contribution in [2.45, 2.75) is 63.5 Å². The highest BCUT2D eigenvalue weighted by Gasteiger charge is 2.51. The van der Waals surface area contributed by atoms with Gasteiger partial charge in [0.1, 0.15) is 5.84 Å². The van der Waals surface area contributed by atoms with Crippen LogP contribution in [-0.2, 0) is 0 Å². The molecule has 0 aliphatic heterocycles. The van der Waals surface area contributed by atoms with Crippen molar-refractivity contribution in [1.82, 2.24) is 10.6 Å². The summed E-state index contributed by atoms with van der Waals surface area (Å²) in [6, 6.07) is -0.259. The molecule has 4 bridgehead atoms. The molecule has 118 valence electrons. The average molecular weight is 294 g/mol. The fourth-order valence-electron chi connectivity index (χ4n) is 5.17. The first-order chi connectivity index (χ1) is 9.98. The lowest BCUT2D eigenvalue weighted by atomic mass is 9.53. The molecule has 1 unspecified atom stereocenters. The van der Waals surface area contributed by atoms with Crippen LogP contribution in [0.4, 0.5) is 4.79 Å². The summed E-state index contributed by atoms with van der Waals surface area (Å²) in [6.07, 6.45) is 7.86. The molecule has 0 radical (unpaired) electrons. The summed E-state index contributed by atoms with van der Waals surface area (Å²) >= 11 is 0. The molecule has 6 nitrogen and oxygen atoms in total. The second kappa shape index (κ2) is 5.39. The Bertz CT molecular complexity index is 414. The normalized spacial score (nSPS) is 39.1. The number of carbonyl (C=O) groups is 1. The van der Waals surface area contributed by atoms with Crippen LogP contribution in [0.2, 0.25) is 0 Å². The van der Waals surface area contributed by atoms with Crippen molar-refractivity contribution in [3.63, 3.8) is 0 Å². The van der Waals surface area contributed by atoms with Gasteiger partial charge in [-0.2, -0.15) is 0 Å².